The Bertz CT molecular complexity index is 1290. The van der Waals surface area contributed by atoms with Crippen LogP contribution in [0.2, 0.25) is 5.02 Å². The molecule has 0 radical (unpaired) electrons. The number of aryl methyl sites for hydroxylation is 1. The molecule has 0 saturated carbocycles. The number of sulfonamides is 1. The molecule has 9 heteroatoms. The summed E-state index contributed by atoms with van der Waals surface area (Å²) in [5.74, 6) is -0.796. The molecular weight excluding hydrogens is 462 g/mol. The van der Waals surface area contributed by atoms with Gasteiger partial charge >= 0.3 is 0 Å². The standard InChI is InChI=1S/C24H24ClN3O4S/c1-16-10-12-21(13-11-16)33(31,32)28(23-9-5-8-22(25)17(23)2)15-24(30)27-20-7-4-6-19(14-20)26-18(3)29/h4-14H,15H2,1-3H3,(H,26,29)(H,27,30). The van der Waals surface area contributed by atoms with Crippen molar-refractivity contribution in [2.45, 2.75) is 25.7 Å². The molecule has 3 rings (SSSR count). The molecule has 0 spiro atoms. The molecule has 0 heterocycles. The first-order chi connectivity index (χ1) is 15.6. The molecule has 0 unspecified atom stereocenters. The maximum atomic E-state index is 13.5. The van der Waals surface area contributed by atoms with Gasteiger partial charge in [-0.2, -0.15) is 0 Å². The van der Waals surface area contributed by atoms with Gasteiger partial charge in [0.2, 0.25) is 11.8 Å². The summed E-state index contributed by atoms with van der Waals surface area (Å²) in [5.41, 5.74) is 2.69. The molecule has 0 aliphatic rings. The Kier molecular flexibility index (Phi) is 7.40. The molecule has 0 atom stereocenters. The number of benzene rings is 3. The van der Waals surface area contributed by atoms with Gasteiger partial charge in [-0.15, -0.1) is 0 Å². The summed E-state index contributed by atoms with van der Waals surface area (Å²) < 4.78 is 28.1. The van der Waals surface area contributed by atoms with E-state index < -0.39 is 22.5 Å². The molecular formula is C24H24ClN3O4S. The maximum absolute atomic E-state index is 13.5. The van der Waals surface area contributed by atoms with Gasteiger partial charge in [0.05, 0.1) is 10.6 Å². The van der Waals surface area contributed by atoms with Gasteiger partial charge in [-0.25, -0.2) is 8.42 Å². The van der Waals surface area contributed by atoms with E-state index >= 15 is 0 Å². The molecule has 3 aromatic rings. The predicted octanol–water partition coefficient (Wildman–Crippen LogP) is 4.75. The van der Waals surface area contributed by atoms with Gasteiger partial charge in [0, 0.05) is 23.3 Å². The lowest BCUT2D eigenvalue weighted by atomic mass is 10.2. The second kappa shape index (κ2) is 10.1. The van der Waals surface area contributed by atoms with Crippen molar-refractivity contribution in [3.63, 3.8) is 0 Å². The molecule has 33 heavy (non-hydrogen) atoms. The highest BCUT2D eigenvalue weighted by Gasteiger charge is 2.28. The van der Waals surface area contributed by atoms with E-state index in [1.54, 1.807) is 61.5 Å². The monoisotopic (exact) mass is 485 g/mol. The first kappa shape index (κ1) is 24.3. The molecule has 7 nitrogen and oxygen atoms in total. The number of anilines is 3. The van der Waals surface area contributed by atoms with Gasteiger partial charge in [0.1, 0.15) is 6.54 Å². The average molecular weight is 486 g/mol. The Morgan fingerprint density at radius 1 is 0.909 bits per heavy atom. The number of nitrogens with zero attached hydrogens (tertiary/aromatic N) is 1. The van der Waals surface area contributed by atoms with Gasteiger partial charge < -0.3 is 10.6 Å². The summed E-state index contributed by atoms with van der Waals surface area (Å²) in [7, 11) is -4.06. The van der Waals surface area contributed by atoms with Crippen molar-refractivity contribution in [2.24, 2.45) is 0 Å². The Morgan fingerprint density at radius 3 is 2.15 bits per heavy atom. The van der Waals surface area contributed by atoms with Crippen LogP contribution in [0.25, 0.3) is 0 Å². The maximum Gasteiger partial charge on any atom is 0.264 e. The molecule has 0 fully saturated rings. The molecule has 2 N–H and O–H groups in total. The molecule has 2 amide bonds. The van der Waals surface area contributed by atoms with E-state index in [1.165, 1.54) is 19.1 Å². The number of amides is 2. The van der Waals surface area contributed by atoms with Crippen LogP contribution in [0.5, 0.6) is 0 Å². The van der Waals surface area contributed by atoms with Crippen LogP contribution in [0.15, 0.2) is 71.6 Å². The normalized spacial score (nSPS) is 11.0. The first-order valence-electron chi connectivity index (χ1n) is 10.1. The lowest BCUT2D eigenvalue weighted by molar-refractivity contribution is -0.115. The van der Waals surface area contributed by atoms with Gasteiger partial charge in [0.15, 0.2) is 0 Å². The summed E-state index contributed by atoms with van der Waals surface area (Å²) in [5, 5.41) is 5.72. The highest BCUT2D eigenvalue weighted by Crippen LogP contribution is 2.31. The Labute approximate surface area is 198 Å². The van der Waals surface area contributed by atoms with Crippen molar-refractivity contribution in [3.8, 4) is 0 Å². The van der Waals surface area contributed by atoms with Crippen LogP contribution in [-0.2, 0) is 19.6 Å². The minimum Gasteiger partial charge on any atom is -0.326 e. The van der Waals surface area contributed by atoms with Crippen molar-refractivity contribution in [2.75, 3.05) is 21.5 Å². The van der Waals surface area contributed by atoms with Gasteiger partial charge in [0.25, 0.3) is 10.0 Å². The fourth-order valence-corrected chi connectivity index (χ4v) is 4.86. The highest BCUT2D eigenvalue weighted by molar-refractivity contribution is 7.92. The minimum atomic E-state index is -4.06. The number of nitrogens with one attached hydrogen (secondary N) is 2. The summed E-state index contributed by atoms with van der Waals surface area (Å²) in [4.78, 5) is 24.3. The fraction of sp³-hybridized carbons (Fsp3) is 0.167. The fourth-order valence-electron chi connectivity index (χ4n) is 3.21. The van der Waals surface area contributed by atoms with Crippen LogP contribution in [-0.4, -0.2) is 26.8 Å². The van der Waals surface area contributed by atoms with Crippen molar-refractivity contribution in [3.05, 3.63) is 82.9 Å². The van der Waals surface area contributed by atoms with E-state index in [2.05, 4.69) is 10.6 Å². The van der Waals surface area contributed by atoms with Gasteiger partial charge in [-0.3, -0.25) is 13.9 Å². The van der Waals surface area contributed by atoms with E-state index in [4.69, 9.17) is 11.6 Å². The van der Waals surface area contributed by atoms with E-state index in [-0.39, 0.29) is 10.8 Å². The van der Waals surface area contributed by atoms with E-state index in [0.717, 1.165) is 9.87 Å². The van der Waals surface area contributed by atoms with Gasteiger partial charge in [-0.1, -0.05) is 41.4 Å². The molecule has 3 aromatic carbocycles. The smallest absolute Gasteiger partial charge is 0.264 e. The predicted molar refractivity (Wildman–Crippen MR) is 131 cm³/mol. The Balaban J connectivity index is 1.95. The summed E-state index contributed by atoms with van der Waals surface area (Å²) >= 11 is 6.24. The average Bonchev–Trinajstić information content (AvgIpc) is 2.74. The first-order valence-corrected chi connectivity index (χ1v) is 11.9. The summed E-state index contributed by atoms with van der Waals surface area (Å²) in [6, 6.07) is 17.9. The van der Waals surface area contributed by atoms with Crippen LogP contribution in [0.1, 0.15) is 18.1 Å². The summed E-state index contributed by atoms with van der Waals surface area (Å²) in [6.45, 7) is 4.47. The van der Waals surface area contributed by atoms with Crippen LogP contribution in [0.3, 0.4) is 0 Å². The number of hydrogen-bond acceptors (Lipinski definition) is 4. The van der Waals surface area contributed by atoms with Crippen molar-refractivity contribution in [1.82, 2.24) is 0 Å². The zero-order chi connectivity index (χ0) is 24.2. The lowest BCUT2D eigenvalue weighted by Crippen LogP contribution is -2.38. The SMILES string of the molecule is CC(=O)Nc1cccc(NC(=O)CN(c2cccc(Cl)c2C)S(=O)(=O)c2ccc(C)cc2)c1. The molecule has 0 aliphatic carbocycles. The number of carbonyl (C=O) groups excluding carboxylic acids is 2. The topological polar surface area (TPSA) is 95.6 Å². The second-order valence-corrected chi connectivity index (χ2v) is 9.79. The van der Waals surface area contributed by atoms with Gasteiger partial charge in [-0.05, 0) is 61.9 Å². The molecule has 0 aromatic heterocycles. The van der Waals surface area contributed by atoms with E-state index in [0.29, 0.717) is 27.6 Å². The lowest BCUT2D eigenvalue weighted by Gasteiger charge is -2.26. The molecule has 0 saturated heterocycles. The second-order valence-electron chi connectivity index (χ2n) is 7.52. The zero-order valence-corrected chi connectivity index (χ0v) is 20.0. The third-order valence-corrected chi connectivity index (χ3v) is 7.05. The summed E-state index contributed by atoms with van der Waals surface area (Å²) in [6.07, 6.45) is 0. The van der Waals surface area contributed by atoms with E-state index in [9.17, 15) is 18.0 Å². The molecule has 0 bridgehead atoms. The highest BCUT2D eigenvalue weighted by atomic mass is 35.5. The van der Waals surface area contributed by atoms with E-state index in [1.807, 2.05) is 6.92 Å². The van der Waals surface area contributed by atoms with Crippen LogP contribution in [0.4, 0.5) is 17.1 Å². The zero-order valence-electron chi connectivity index (χ0n) is 18.4. The Hall–Kier alpha value is -3.36. The van der Waals surface area contributed by atoms with Crippen molar-refractivity contribution in [1.29, 1.82) is 0 Å². The number of halogens is 1. The third kappa shape index (κ3) is 5.91. The minimum absolute atomic E-state index is 0.0629. The van der Waals surface area contributed by atoms with Crippen molar-refractivity contribution < 1.29 is 18.0 Å². The van der Waals surface area contributed by atoms with Crippen molar-refractivity contribution >= 4 is 50.5 Å². The largest absolute Gasteiger partial charge is 0.326 e. The Morgan fingerprint density at radius 2 is 1.52 bits per heavy atom. The van der Waals surface area contributed by atoms with Crippen LogP contribution in [0, 0.1) is 13.8 Å². The third-order valence-electron chi connectivity index (χ3n) is 4.87. The quantitative estimate of drug-likeness (QED) is 0.504. The van der Waals surface area contributed by atoms with Crippen LogP contribution >= 0.6 is 11.6 Å². The number of carbonyl (C=O) groups is 2. The number of rotatable bonds is 7. The van der Waals surface area contributed by atoms with Crippen LogP contribution < -0.4 is 14.9 Å². The number of hydrogen-bond donors (Lipinski definition) is 2. The molecule has 172 valence electrons. The molecule has 0 aliphatic heterocycles.